The topological polar surface area (TPSA) is 21.3 Å². The summed E-state index contributed by atoms with van der Waals surface area (Å²) in [6.07, 6.45) is 22.9. The molecule has 3 heterocycles. The molecule has 0 amide bonds. The van der Waals surface area contributed by atoms with E-state index in [1.165, 1.54) is 81.5 Å². The number of anilines is 2. The second-order valence-electron chi connectivity index (χ2n) is 14.4. The number of fused-ring (bicyclic) bond motifs is 7. The summed E-state index contributed by atoms with van der Waals surface area (Å²) in [5.41, 5.74) is 12.8. The first-order valence-corrected chi connectivity index (χ1v) is 18.5. The fraction of sp³-hybridized carbons (Fsp3) is 0.167. The molecule has 1 unspecified atom stereocenters. The number of para-hydroxylation sites is 3. The molecular weight excluding hydrogens is 621 g/mol. The molecule has 3 nitrogen and oxygen atoms in total. The van der Waals surface area contributed by atoms with E-state index in [9.17, 15) is 0 Å². The SMILES string of the molecule is C=C1/C=C\C=C/N(c2ccc3oc4c(C5C=C(n6c7ccccc7c7ccccc76)C=CC5)cc(C5CCCCC5)cc4c3c2)c2ccccc21. The summed E-state index contributed by atoms with van der Waals surface area (Å²) in [5.74, 6) is 0.773. The fourth-order valence-corrected chi connectivity index (χ4v) is 8.90. The maximum absolute atomic E-state index is 6.90. The number of hydrogen-bond donors (Lipinski definition) is 0. The minimum absolute atomic E-state index is 0.193. The van der Waals surface area contributed by atoms with Crippen molar-refractivity contribution in [2.24, 2.45) is 0 Å². The molecule has 2 aromatic heterocycles. The van der Waals surface area contributed by atoms with Crippen molar-refractivity contribution in [3.63, 3.8) is 0 Å². The Hall–Kier alpha value is -5.80. The molecule has 51 heavy (non-hydrogen) atoms. The number of allylic oxidation sites excluding steroid dienone is 8. The van der Waals surface area contributed by atoms with Gasteiger partial charge in [-0.3, -0.25) is 0 Å². The Morgan fingerprint density at radius 1 is 0.686 bits per heavy atom. The quantitative estimate of drug-likeness (QED) is 0.187. The van der Waals surface area contributed by atoms with Gasteiger partial charge in [0.15, 0.2) is 0 Å². The van der Waals surface area contributed by atoms with Gasteiger partial charge in [-0.2, -0.15) is 0 Å². The van der Waals surface area contributed by atoms with Crippen LogP contribution in [0.2, 0.25) is 0 Å². The molecule has 2 aliphatic carbocycles. The largest absolute Gasteiger partial charge is 0.456 e. The number of aromatic nitrogens is 1. The Balaban J connectivity index is 1.15. The lowest BCUT2D eigenvalue weighted by Crippen LogP contribution is -2.11. The summed E-state index contributed by atoms with van der Waals surface area (Å²) < 4.78 is 9.34. The van der Waals surface area contributed by atoms with E-state index in [4.69, 9.17) is 4.42 Å². The third-order valence-corrected chi connectivity index (χ3v) is 11.4. The molecule has 1 atom stereocenters. The molecule has 0 radical (unpaired) electrons. The first-order chi connectivity index (χ1) is 25.2. The summed E-state index contributed by atoms with van der Waals surface area (Å²) in [7, 11) is 0. The highest BCUT2D eigenvalue weighted by Crippen LogP contribution is 2.45. The Labute approximate surface area is 298 Å². The summed E-state index contributed by atoms with van der Waals surface area (Å²) in [6, 6.07) is 37.7. The molecule has 0 spiro atoms. The van der Waals surface area contributed by atoms with Crippen molar-refractivity contribution in [3.05, 3.63) is 169 Å². The molecule has 7 aromatic rings. The highest BCUT2D eigenvalue weighted by molar-refractivity contribution is 6.11. The van der Waals surface area contributed by atoms with Crippen LogP contribution < -0.4 is 4.90 Å². The maximum Gasteiger partial charge on any atom is 0.139 e. The van der Waals surface area contributed by atoms with Gasteiger partial charge in [-0.25, -0.2) is 0 Å². The van der Waals surface area contributed by atoms with E-state index in [0.717, 1.165) is 40.1 Å². The van der Waals surface area contributed by atoms with Crippen molar-refractivity contribution in [2.45, 2.75) is 50.4 Å². The molecule has 0 bridgehead atoms. The minimum Gasteiger partial charge on any atom is -0.456 e. The van der Waals surface area contributed by atoms with Crippen LogP contribution >= 0.6 is 0 Å². The summed E-state index contributed by atoms with van der Waals surface area (Å²) in [6.45, 7) is 4.35. The molecule has 1 aliphatic heterocycles. The van der Waals surface area contributed by atoms with Crippen molar-refractivity contribution in [2.75, 3.05) is 4.90 Å². The van der Waals surface area contributed by atoms with Gasteiger partial charge in [-0.1, -0.05) is 111 Å². The van der Waals surface area contributed by atoms with E-state index in [2.05, 4.69) is 162 Å². The van der Waals surface area contributed by atoms with Gasteiger partial charge in [0.1, 0.15) is 11.2 Å². The molecule has 248 valence electrons. The van der Waals surface area contributed by atoms with E-state index in [-0.39, 0.29) is 5.92 Å². The lowest BCUT2D eigenvalue weighted by atomic mass is 9.81. The average Bonchev–Trinajstić information content (AvgIpc) is 3.73. The standard InChI is InChI=1S/C48H40N2O/c1-32-14-11-12-27-49(44-22-8-5-19-38(32)44)36-25-26-47-42(31-36)43-30-35(33-15-3-2-4-16-33)29-41(48(43)51-47)34-17-13-18-37(28-34)50-45-23-9-6-20-39(45)40-21-7-10-24-46(40)50/h5-14,18-31,33-34H,1-4,15-17H2/b14-11-,27-12-. The van der Waals surface area contributed by atoms with Crippen LogP contribution in [0.3, 0.4) is 0 Å². The van der Waals surface area contributed by atoms with Crippen molar-refractivity contribution < 1.29 is 4.42 Å². The van der Waals surface area contributed by atoms with Crippen LogP contribution in [-0.4, -0.2) is 4.57 Å². The van der Waals surface area contributed by atoms with Crippen molar-refractivity contribution in [1.82, 2.24) is 4.57 Å². The van der Waals surface area contributed by atoms with E-state index >= 15 is 0 Å². The van der Waals surface area contributed by atoms with Crippen LogP contribution in [0.5, 0.6) is 0 Å². The molecule has 0 N–H and O–H groups in total. The molecule has 0 saturated heterocycles. The van der Waals surface area contributed by atoms with Crippen molar-refractivity contribution in [1.29, 1.82) is 0 Å². The van der Waals surface area contributed by atoms with E-state index in [0.29, 0.717) is 5.92 Å². The van der Waals surface area contributed by atoms with Gasteiger partial charge in [0.25, 0.3) is 0 Å². The number of furan rings is 1. The number of benzene rings is 5. The Bertz CT molecular complexity index is 2580. The van der Waals surface area contributed by atoms with E-state index in [1.807, 2.05) is 0 Å². The van der Waals surface area contributed by atoms with Crippen molar-refractivity contribution >= 4 is 66.4 Å². The summed E-state index contributed by atoms with van der Waals surface area (Å²) in [4.78, 5) is 2.28. The predicted octanol–water partition coefficient (Wildman–Crippen LogP) is 13.6. The van der Waals surface area contributed by atoms with Crippen LogP contribution in [0.4, 0.5) is 11.4 Å². The normalized spacial score (nSPS) is 19.4. The highest BCUT2D eigenvalue weighted by atomic mass is 16.3. The van der Waals surface area contributed by atoms with Crippen LogP contribution in [0.25, 0.3) is 55.0 Å². The molecule has 3 aliphatic rings. The lowest BCUT2D eigenvalue weighted by Gasteiger charge is -2.25. The monoisotopic (exact) mass is 660 g/mol. The zero-order valence-corrected chi connectivity index (χ0v) is 28.8. The third-order valence-electron chi connectivity index (χ3n) is 11.4. The summed E-state index contributed by atoms with van der Waals surface area (Å²) in [5, 5.41) is 4.97. The van der Waals surface area contributed by atoms with Crippen LogP contribution in [0.15, 0.2) is 157 Å². The smallest absolute Gasteiger partial charge is 0.139 e. The molecule has 1 fully saturated rings. The lowest BCUT2D eigenvalue weighted by molar-refractivity contribution is 0.443. The van der Waals surface area contributed by atoms with Crippen LogP contribution in [0.1, 0.15) is 67.1 Å². The first kappa shape index (κ1) is 30.1. The van der Waals surface area contributed by atoms with Gasteiger partial charge in [0, 0.05) is 56.2 Å². The maximum atomic E-state index is 6.90. The minimum atomic E-state index is 0.193. The molecule has 3 heteroatoms. The van der Waals surface area contributed by atoms with Crippen LogP contribution in [0, 0.1) is 0 Å². The van der Waals surface area contributed by atoms with Gasteiger partial charge in [0.05, 0.1) is 16.7 Å². The Morgan fingerprint density at radius 3 is 2.27 bits per heavy atom. The molecular formula is C48H40N2O. The van der Waals surface area contributed by atoms with Gasteiger partial charge in [-0.15, -0.1) is 0 Å². The number of hydrogen-bond acceptors (Lipinski definition) is 2. The number of rotatable bonds is 4. The fourth-order valence-electron chi connectivity index (χ4n) is 8.90. The van der Waals surface area contributed by atoms with Crippen molar-refractivity contribution in [3.8, 4) is 0 Å². The van der Waals surface area contributed by atoms with Gasteiger partial charge >= 0.3 is 0 Å². The molecule has 5 aromatic carbocycles. The zero-order valence-electron chi connectivity index (χ0n) is 28.8. The second kappa shape index (κ2) is 12.2. The third kappa shape index (κ3) is 5.02. The molecule has 10 rings (SSSR count). The van der Waals surface area contributed by atoms with E-state index < -0.39 is 0 Å². The summed E-state index contributed by atoms with van der Waals surface area (Å²) >= 11 is 0. The zero-order chi connectivity index (χ0) is 33.9. The van der Waals surface area contributed by atoms with E-state index in [1.54, 1.807) is 0 Å². The Kier molecular flexibility index (Phi) is 7.20. The van der Waals surface area contributed by atoms with Gasteiger partial charge < -0.3 is 13.9 Å². The van der Waals surface area contributed by atoms with Gasteiger partial charge in [-0.05, 0) is 90.9 Å². The van der Waals surface area contributed by atoms with Crippen LogP contribution in [-0.2, 0) is 0 Å². The number of nitrogens with zero attached hydrogens (tertiary/aromatic N) is 2. The second-order valence-corrected chi connectivity index (χ2v) is 14.4. The average molecular weight is 661 g/mol. The molecule has 1 saturated carbocycles. The predicted molar refractivity (Wildman–Crippen MR) is 216 cm³/mol. The highest BCUT2D eigenvalue weighted by Gasteiger charge is 2.25. The Morgan fingerprint density at radius 2 is 1.45 bits per heavy atom. The first-order valence-electron chi connectivity index (χ1n) is 18.5. The van der Waals surface area contributed by atoms with Gasteiger partial charge in [0.2, 0.25) is 0 Å².